The highest BCUT2D eigenvalue weighted by Crippen LogP contribution is 2.34. The van der Waals surface area contributed by atoms with Gasteiger partial charge in [-0.15, -0.1) is 0 Å². The summed E-state index contributed by atoms with van der Waals surface area (Å²) in [7, 11) is 0. The lowest BCUT2D eigenvalue weighted by Gasteiger charge is -2.13. The van der Waals surface area contributed by atoms with Gasteiger partial charge in [0.1, 0.15) is 18.4 Å². The minimum atomic E-state index is -0.728. The molecule has 1 aliphatic heterocycles. The van der Waals surface area contributed by atoms with E-state index in [0.717, 1.165) is 20.9 Å². The highest BCUT2D eigenvalue weighted by Gasteiger charge is 2.32. The summed E-state index contributed by atoms with van der Waals surface area (Å²) in [6, 6.07) is 9.87. The molecule has 3 amide bonds. The molecule has 30 heavy (non-hydrogen) atoms. The Morgan fingerprint density at radius 2 is 1.83 bits per heavy atom. The molecule has 3 N–H and O–H groups in total. The maximum atomic E-state index is 12.0. The zero-order chi connectivity index (χ0) is 20.9. The average molecular weight is 422 g/mol. The van der Waals surface area contributed by atoms with Crippen molar-refractivity contribution in [1.29, 1.82) is 0 Å². The number of nitrogens with one attached hydrogen (secondary N) is 2. The molecule has 1 aliphatic rings. The van der Waals surface area contributed by atoms with Crippen molar-refractivity contribution in [3.8, 4) is 5.75 Å². The SMILES string of the molecule is O=C1NC(=O)C(c2ccncc2Sc2ccc(OCc3cncc(CO)c3)cc2)N1. The molecule has 8 nitrogen and oxygen atoms in total. The van der Waals surface area contributed by atoms with Crippen LogP contribution in [0.5, 0.6) is 5.75 Å². The zero-order valence-corrected chi connectivity index (χ0v) is 16.6. The summed E-state index contributed by atoms with van der Waals surface area (Å²) in [5.41, 5.74) is 2.30. The molecule has 3 heterocycles. The molecule has 1 saturated heterocycles. The van der Waals surface area contributed by atoms with Crippen LogP contribution in [0.2, 0.25) is 0 Å². The molecule has 4 rings (SSSR count). The highest BCUT2D eigenvalue weighted by atomic mass is 32.2. The number of carbonyl (C=O) groups excluding carboxylic acids is 2. The lowest BCUT2D eigenvalue weighted by atomic mass is 10.1. The minimum absolute atomic E-state index is 0.0602. The molecule has 9 heteroatoms. The fourth-order valence-corrected chi connectivity index (χ4v) is 3.90. The smallest absolute Gasteiger partial charge is 0.322 e. The number of urea groups is 1. The van der Waals surface area contributed by atoms with Gasteiger partial charge < -0.3 is 15.2 Å². The van der Waals surface area contributed by atoms with Gasteiger partial charge in [-0.05, 0) is 42.0 Å². The molecule has 0 radical (unpaired) electrons. The normalized spacial score (nSPS) is 15.6. The summed E-state index contributed by atoms with van der Waals surface area (Å²) >= 11 is 1.45. The molecular formula is C21H18N4O4S. The van der Waals surface area contributed by atoms with Crippen molar-refractivity contribution in [3.63, 3.8) is 0 Å². The molecule has 1 fully saturated rings. The van der Waals surface area contributed by atoms with Crippen LogP contribution in [0.4, 0.5) is 4.79 Å². The van der Waals surface area contributed by atoms with Crippen molar-refractivity contribution in [3.05, 3.63) is 77.9 Å². The minimum Gasteiger partial charge on any atom is -0.489 e. The molecular weight excluding hydrogens is 404 g/mol. The summed E-state index contributed by atoms with van der Waals surface area (Å²) in [6.45, 7) is 0.284. The first-order valence-corrected chi connectivity index (χ1v) is 9.93. The number of benzene rings is 1. The van der Waals surface area contributed by atoms with Crippen LogP contribution >= 0.6 is 11.8 Å². The van der Waals surface area contributed by atoms with E-state index in [2.05, 4.69) is 20.6 Å². The van der Waals surface area contributed by atoms with E-state index in [9.17, 15) is 14.7 Å². The number of aliphatic hydroxyl groups excluding tert-OH is 1. The van der Waals surface area contributed by atoms with E-state index >= 15 is 0 Å². The first-order chi connectivity index (χ1) is 14.6. The summed E-state index contributed by atoms with van der Waals surface area (Å²) in [6.07, 6.45) is 6.58. The van der Waals surface area contributed by atoms with Crippen LogP contribution in [0.15, 0.2) is 71.0 Å². The van der Waals surface area contributed by atoms with Gasteiger partial charge in [0.05, 0.1) is 6.61 Å². The standard InChI is InChI=1S/C21H18N4O4S/c26-11-13-7-14(9-23-8-13)12-29-15-1-3-16(4-2-15)30-18-10-22-6-5-17(18)19-20(27)25-21(28)24-19/h1-10,19,26H,11-12H2,(H2,24,25,27,28). The van der Waals surface area contributed by atoms with Crippen LogP contribution in [0.3, 0.4) is 0 Å². The number of aromatic nitrogens is 2. The first-order valence-electron chi connectivity index (χ1n) is 9.12. The zero-order valence-electron chi connectivity index (χ0n) is 15.7. The van der Waals surface area contributed by atoms with Crippen molar-refractivity contribution in [1.82, 2.24) is 20.6 Å². The van der Waals surface area contributed by atoms with E-state index in [1.807, 2.05) is 30.3 Å². The lowest BCUT2D eigenvalue weighted by Crippen LogP contribution is -2.22. The third-order valence-electron chi connectivity index (χ3n) is 4.39. The first kappa shape index (κ1) is 19.9. The number of rotatable bonds is 7. The van der Waals surface area contributed by atoms with Crippen molar-refractivity contribution >= 4 is 23.7 Å². The third kappa shape index (κ3) is 4.58. The second-order valence-electron chi connectivity index (χ2n) is 6.53. The van der Waals surface area contributed by atoms with Crippen LogP contribution in [0, 0.1) is 0 Å². The predicted molar refractivity (Wildman–Crippen MR) is 109 cm³/mol. The van der Waals surface area contributed by atoms with Crippen molar-refractivity contribution < 1.29 is 19.4 Å². The van der Waals surface area contributed by atoms with Gasteiger partial charge in [-0.3, -0.25) is 20.1 Å². The third-order valence-corrected chi connectivity index (χ3v) is 5.46. The molecule has 152 valence electrons. The molecule has 2 aromatic heterocycles. The second-order valence-corrected chi connectivity index (χ2v) is 7.65. The van der Waals surface area contributed by atoms with Crippen LogP contribution in [0.1, 0.15) is 22.7 Å². The molecule has 1 aromatic carbocycles. The van der Waals surface area contributed by atoms with E-state index in [1.165, 1.54) is 11.8 Å². The maximum absolute atomic E-state index is 12.0. The molecule has 0 aliphatic carbocycles. The van der Waals surface area contributed by atoms with E-state index in [4.69, 9.17) is 4.74 Å². The van der Waals surface area contributed by atoms with Crippen LogP contribution in [-0.2, 0) is 18.0 Å². The van der Waals surface area contributed by atoms with Gasteiger partial charge in [0, 0.05) is 45.7 Å². The fourth-order valence-electron chi connectivity index (χ4n) is 2.95. The van der Waals surface area contributed by atoms with Gasteiger partial charge in [-0.2, -0.15) is 0 Å². The Kier molecular flexibility index (Phi) is 5.92. The number of nitrogens with zero attached hydrogens (tertiary/aromatic N) is 2. The number of pyridine rings is 2. The Labute approximate surface area is 176 Å². The van der Waals surface area contributed by atoms with Crippen LogP contribution < -0.4 is 15.4 Å². The van der Waals surface area contributed by atoms with Crippen LogP contribution in [-0.4, -0.2) is 27.0 Å². The Morgan fingerprint density at radius 1 is 1.03 bits per heavy atom. The van der Waals surface area contributed by atoms with Gasteiger partial charge in [0.2, 0.25) is 0 Å². The quantitative estimate of drug-likeness (QED) is 0.502. The largest absolute Gasteiger partial charge is 0.489 e. The number of hydrogen-bond acceptors (Lipinski definition) is 7. The number of aliphatic hydroxyl groups is 1. The monoisotopic (exact) mass is 422 g/mol. The van der Waals surface area contributed by atoms with Gasteiger partial charge in [0.15, 0.2) is 0 Å². The Balaban J connectivity index is 1.43. The van der Waals surface area contributed by atoms with Gasteiger partial charge in [-0.1, -0.05) is 11.8 Å². The van der Waals surface area contributed by atoms with E-state index in [0.29, 0.717) is 17.9 Å². The van der Waals surface area contributed by atoms with E-state index in [-0.39, 0.29) is 12.5 Å². The van der Waals surface area contributed by atoms with Gasteiger partial charge in [0.25, 0.3) is 5.91 Å². The number of hydrogen-bond donors (Lipinski definition) is 3. The molecule has 0 saturated carbocycles. The van der Waals surface area contributed by atoms with Crippen molar-refractivity contribution in [2.45, 2.75) is 29.0 Å². The number of imide groups is 1. The second kappa shape index (κ2) is 8.93. The molecule has 1 atom stereocenters. The summed E-state index contributed by atoms with van der Waals surface area (Å²) in [4.78, 5) is 33.4. The molecule has 0 spiro atoms. The fraction of sp³-hybridized carbons (Fsp3) is 0.143. The summed E-state index contributed by atoms with van der Waals surface area (Å²) in [5.74, 6) is 0.319. The topological polar surface area (TPSA) is 113 Å². The Morgan fingerprint density at radius 3 is 2.57 bits per heavy atom. The summed E-state index contributed by atoms with van der Waals surface area (Å²) in [5, 5.41) is 14.0. The lowest BCUT2D eigenvalue weighted by molar-refractivity contribution is -0.120. The highest BCUT2D eigenvalue weighted by molar-refractivity contribution is 7.99. The predicted octanol–water partition coefficient (Wildman–Crippen LogP) is 2.58. The number of amides is 3. The average Bonchev–Trinajstić information content (AvgIpc) is 3.11. The Hall–Kier alpha value is -3.43. The summed E-state index contributed by atoms with van der Waals surface area (Å²) < 4.78 is 5.78. The Bertz CT molecular complexity index is 1070. The van der Waals surface area contributed by atoms with Crippen molar-refractivity contribution in [2.75, 3.05) is 0 Å². The van der Waals surface area contributed by atoms with Crippen molar-refractivity contribution in [2.24, 2.45) is 0 Å². The molecule has 3 aromatic rings. The van der Waals surface area contributed by atoms with Gasteiger partial charge >= 0.3 is 6.03 Å². The van der Waals surface area contributed by atoms with Crippen LogP contribution in [0.25, 0.3) is 0 Å². The van der Waals surface area contributed by atoms with E-state index in [1.54, 1.807) is 30.9 Å². The molecule has 1 unspecified atom stereocenters. The maximum Gasteiger partial charge on any atom is 0.322 e. The molecule has 0 bridgehead atoms. The number of carbonyl (C=O) groups is 2. The van der Waals surface area contributed by atoms with E-state index < -0.39 is 12.1 Å². The number of ether oxygens (including phenoxy) is 1. The van der Waals surface area contributed by atoms with Gasteiger partial charge in [-0.25, -0.2) is 4.79 Å².